The largest absolute Gasteiger partial charge is 0.505 e. The molecule has 3 rings (SSSR count). The highest BCUT2D eigenvalue weighted by Gasteiger charge is 2.40. The van der Waals surface area contributed by atoms with Gasteiger partial charge in [0.15, 0.2) is 17.5 Å². The van der Waals surface area contributed by atoms with Crippen molar-refractivity contribution in [2.24, 2.45) is 11.8 Å². The molecule has 190 valence electrons. The average molecular weight is 497 g/mol. The highest BCUT2D eigenvalue weighted by molar-refractivity contribution is 6.01. The Hall–Kier alpha value is -4.21. The molecular weight excluding hydrogens is 468 g/mol. The molecule has 10 nitrogen and oxygen atoms in total. The minimum atomic E-state index is -1.15. The van der Waals surface area contributed by atoms with Crippen molar-refractivity contribution in [3.8, 4) is 5.75 Å². The summed E-state index contributed by atoms with van der Waals surface area (Å²) in [5.41, 5.74) is 0.368. The molecule has 1 amide bonds. The minimum Gasteiger partial charge on any atom is -0.505 e. The molecule has 1 aliphatic heterocycles. The van der Waals surface area contributed by atoms with Crippen molar-refractivity contribution in [2.75, 3.05) is 0 Å². The zero-order chi connectivity index (χ0) is 26.4. The fourth-order valence-electron chi connectivity index (χ4n) is 3.51. The number of nitrogens with zero attached hydrogens (tertiary/aromatic N) is 1. The third kappa shape index (κ3) is 6.26. The zero-order valence-electron chi connectivity index (χ0n) is 20.4. The summed E-state index contributed by atoms with van der Waals surface area (Å²) in [5, 5.41) is 12.4. The molecular formula is C26H28N2O8. The first-order valence-corrected chi connectivity index (χ1v) is 11.4. The quantitative estimate of drug-likeness (QED) is 0.456. The van der Waals surface area contributed by atoms with Crippen LogP contribution < -0.4 is 5.32 Å². The van der Waals surface area contributed by atoms with Crippen molar-refractivity contribution < 1.29 is 38.5 Å². The molecule has 10 heteroatoms. The monoisotopic (exact) mass is 496 g/mol. The number of rotatable bonds is 6. The normalized spacial score (nSPS) is 21.7. The van der Waals surface area contributed by atoms with Crippen molar-refractivity contribution in [3.63, 3.8) is 0 Å². The molecule has 2 heterocycles. The summed E-state index contributed by atoms with van der Waals surface area (Å²) >= 11 is 0. The first kappa shape index (κ1) is 26.4. The van der Waals surface area contributed by atoms with E-state index in [4.69, 9.17) is 14.2 Å². The van der Waals surface area contributed by atoms with E-state index in [9.17, 15) is 24.3 Å². The number of esters is 3. The number of ether oxygens (including phenoxy) is 3. The number of nitrogens with one attached hydrogen (secondary N) is 1. The van der Waals surface area contributed by atoms with Crippen molar-refractivity contribution in [1.29, 1.82) is 0 Å². The van der Waals surface area contributed by atoms with Gasteiger partial charge in [-0.25, -0.2) is 9.78 Å². The van der Waals surface area contributed by atoms with Gasteiger partial charge in [0.1, 0.15) is 24.0 Å². The molecule has 0 spiro atoms. The highest BCUT2D eigenvalue weighted by Crippen LogP contribution is 2.25. The fourth-order valence-corrected chi connectivity index (χ4v) is 3.51. The molecule has 0 saturated carbocycles. The number of carbonyl (C=O) groups excluding carboxylic acids is 4. The highest BCUT2D eigenvalue weighted by atomic mass is 16.6. The van der Waals surface area contributed by atoms with E-state index < -0.39 is 53.6 Å². The molecule has 0 saturated heterocycles. The van der Waals surface area contributed by atoms with E-state index in [1.54, 1.807) is 45.0 Å². The van der Waals surface area contributed by atoms with Gasteiger partial charge >= 0.3 is 17.9 Å². The second-order valence-electron chi connectivity index (χ2n) is 8.71. The van der Waals surface area contributed by atoms with Gasteiger partial charge in [0.2, 0.25) is 0 Å². The predicted molar refractivity (Wildman–Crippen MR) is 126 cm³/mol. The third-order valence-electron chi connectivity index (χ3n) is 5.58. The number of amides is 1. The minimum absolute atomic E-state index is 0.147. The van der Waals surface area contributed by atoms with E-state index >= 15 is 0 Å². The lowest BCUT2D eigenvalue weighted by atomic mass is 9.91. The maximum Gasteiger partial charge on any atom is 0.358 e. The number of aromatic nitrogens is 1. The smallest absolute Gasteiger partial charge is 0.358 e. The second-order valence-corrected chi connectivity index (χ2v) is 8.71. The number of carbonyl (C=O) groups is 4. The van der Waals surface area contributed by atoms with E-state index in [0.29, 0.717) is 5.56 Å². The molecule has 3 atom stereocenters. The molecule has 0 radical (unpaired) electrons. The Balaban J connectivity index is 1.92. The summed E-state index contributed by atoms with van der Waals surface area (Å²) in [6, 6.07) is 10.5. The van der Waals surface area contributed by atoms with E-state index in [1.165, 1.54) is 19.2 Å². The van der Waals surface area contributed by atoms with Crippen LogP contribution in [0, 0.1) is 18.8 Å². The second kappa shape index (κ2) is 11.5. The molecule has 0 bridgehead atoms. The summed E-state index contributed by atoms with van der Waals surface area (Å²) < 4.78 is 16.3. The number of aromatic hydroxyl groups is 1. The summed E-state index contributed by atoms with van der Waals surface area (Å²) in [6.45, 7) is 6.35. The number of pyridine rings is 1. The van der Waals surface area contributed by atoms with Gasteiger partial charge in [-0.3, -0.25) is 14.4 Å². The Kier molecular flexibility index (Phi) is 8.42. The number of hydrogen-bond donors (Lipinski definition) is 2. The van der Waals surface area contributed by atoms with Gasteiger partial charge in [-0.15, -0.1) is 0 Å². The Morgan fingerprint density at radius 2 is 1.86 bits per heavy atom. The van der Waals surface area contributed by atoms with Crippen molar-refractivity contribution in [3.05, 3.63) is 71.4 Å². The van der Waals surface area contributed by atoms with Gasteiger partial charge in [0, 0.05) is 6.20 Å². The maximum absolute atomic E-state index is 13.1. The van der Waals surface area contributed by atoms with Gasteiger partial charge in [-0.1, -0.05) is 44.2 Å². The van der Waals surface area contributed by atoms with Crippen LogP contribution in [-0.2, 0) is 35.0 Å². The van der Waals surface area contributed by atoms with Gasteiger partial charge in [-0.2, -0.15) is 0 Å². The van der Waals surface area contributed by atoms with Gasteiger partial charge < -0.3 is 24.6 Å². The molecule has 0 fully saturated rings. The number of hydrogen-bond acceptors (Lipinski definition) is 9. The lowest BCUT2D eigenvalue weighted by Gasteiger charge is -2.29. The van der Waals surface area contributed by atoms with E-state index in [0.717, 1.165) is 11.8 Å². The lowest BCUT2D eigenvalue weighted by molar-refractivity contribution is -0.175. The van der Waals surface area contributed by atoms with Gasteiger partial charge in [-0.05, 0) is 37.5 Å². The van der Waals surface area contributed by atoms with Crippen LogP contribution in [0.3, 0.4) is 0 Å². The van der Waals surface area contributed by atoms with Crippen molar-refractivity contribution >= 4 is 23.8 Å². The molecule has 2 unspecified atom stereocenters. The van der Waals surface area contributed by atoms with Gasteiger partial charge in [0.25, 0.3) is 5.91 Å². The van der Waals surface area contributed by atoms with Crippen LogP contribution in [0.4, 0.5) is 0 Å². The van der Waals surface area contributed by atoms with Crippen molar-refractivity contribution in [2.45, 2.75) is 46.3 Å². The van der Waals surface area contributed by atoms with Crippen LogP contribution in [0.15, 0.2) is 54.6 Å². The van der Waals surface area contributed by atoms with E-state index in [1.807, 2.05) is 6.07 Å². The maximum atomic E-state index is 13.1. The SMILES string of the molecule is Cc1ccnc(C(=O)N/C2=C/OC(=O)[C@H](Cc3ccccc3)C(OC(=O)C(C)C)C(C)OC2=O)c1O. The molecule has 2 N–H and O–H groups in total. The third-order valence-corrected chi connectivity index (χ3v) is 5.58. The van der Waals surface area contributed by atoms with Crippen molar-refractivity contribution in [1.82, 2.24) is 10.3 Å². The Morgan fingerprint density at radius 3 is 2.53 bits per heavy atom. The molecule has 1 aliphatic rings. The average Bonchev–Trinajstić information content (AvgIpc) is 2.88. The lowest BCUT2D eigenvalue weighted by Crippen LogP contribution is -2.44. The topological polar surface area (TPSA) is 141 Å². The number of cyclic esters (lactones) is 2. The zero-order valence-corrected chi connectivity index (χ0v) is 20.4. The van der Waals surface area contributed by atoms with Crippen LogP contribution in [0.2, 0.25) is 0 Å². The summed E-state index contributed by atoms with van der Waals surface area (Å²) in [7, 11) is 0. The van der Waals surface area contributed by atoms with Crippen LogP contribution >= 0.6 is 0 Å². The summed E-state index contributed by atoms with van der Waals surface area (Å²) in [6.07, 6.45) is 0.0259. The van der Waals surface area contributed by atoms with E-state index in [-0.39, 0.29) is 17.9 Å². The Morgan fingerprint density at radius 1 is 1.17 bits per heavy atom. The van der Waals surface area contributed by atoms with E-state index in [2.05, 4.69) is 10.3 Å². The number of aryl methyl sites for hydroxylation is 1. The first-order valence-electron chi connectivity index (χ1n) is 11.4. The van der Waals surface area contributed by atoms with Crippen LogP contribution in [0.25, 0.3) is 0 Å². The predicted octanol–water partition coefficient (Wildman–Crippen LogP) is 2.58. The number of benzene rings is 1. The van der Waals surface area contributed by atoms with Crippen LogP contribution in [0.5, 0.6) is 5.75 Å². The molecule has 2 aromatic rings. The van der Waals surface area contributed by atoms with Gasteiger partial charge in [0.05, 0.1) is 5.92 Å². The molecule has 1 aromatic carbocycles. The summed E-state index contributed by atoms with van der Waals surface area (Å²) in [4.78, 5) is 55.0. The van der Waals surface area contributed by atoms with Crippen LogP contribution in [-0.4, -0.2) is 46.1 Å². The fraction of sp³-hybridized carbons (Fsp3) is 0.346. The molecule has 36 heavy (non-hydrogen) atoms. The Labute approximate surface area is 208 Å². The molecule has 0 aliphatic carbocycles. The standard InChI is InChI=1S/C26H28N2O8/c1-14(2)24(31)36-22-16(4)35-26(33)19(28-23(30)20-21(29)15(3)10-11-27-20)13-34-25(32)18(22)12-17-8-6-5-7-9-17/h5-11,13-14,16,18,22,29H,12H2,1-4H3,(H,28,30)/b19-13+/t16?,18-,22?/m1/s1. The first-order chi connectivity index (χ1) is 17.1. The Bertz CT molecular complexity index is 1180. The van der Waals surface area contributed by atoms with Crippen LogP contribution in [0.1, 0.15) is 42.4 Å². The summed E-state index contributed by atoms with van der Waals surface area (Å²) in [5.74, 6) is -5.15. The molecule has 1 aromatic heterocycles.